The van der Waals surface area contributed by atoms with Gasteiger partial charge in [-0.3, -0.25) is 9.59 Å². The van der Waals surface area contributed by atoms with E-state index in [0.717, 1.165) is 11.3 Å². The number of ether oxygens (including phenoxy) is 1. The van der Waals surface area contributed by atoms with Gasteiger partial charge in [-0.1, -0.05) is 13.8 Å². The number of aromatic amines is 1. The molecule has 0 atom stereocenters. The van der Waals surface area contributed by atoms with Crippen molar-refractivity contribution in [3.05, 3.63) is 40.3 Å². The molecule has 0 radical (unpaired) electrons. The van der Waals surface area contributed by atoms with E-state index in [9.17, 15) is 9.59 Å². The van der Waals surface area contributed by atoms with Gasteiger partial charge in [0.05, 0.1) is 6.61 Å². The lowest BCUT2D eigenvalue weighted by atomic mass is 10.2. The number of nitrogens with zero attached hydrogens (tertiary/aromatic N) is 3. The molecule has 27 heavy (non-hydrogen) atoms. The highest BCUT2D eigenvalue weighted by atomic mass is 16.5. The quantitative estimate of drug-likeness (QED) is 0.770. The zero-order valence-corrected chi connectivity index (χ0v) is 16.7. The Hall–Kier alpha value is -2.70. The number of hydrogen-bond acceptors (Lipinski definition) is 5. The van der Waals surface area contributed by atoms with Crippen molar-refractivity contribution in [3.8, 4) is 17.1 Å². The summed E-state index contributed by atoms with van der Waals surface area (Å²) in [5, 5.41) is 8.12. The zero-order valence-electron chi connectivity index (χ0n) is 16.7. The fraction of sp³-hybridized carbons (Fsp3) is 0.500. The third-order valence-corrected chi connectivity index (χ3v) is 4.22. The predicted molar refractivity (Wildman–Crippen MR) is 105 cm³/mol. The molecule has 0 aliphatic carbocycles. The van der Waals surface area contributed by atoms with Crippen LogP contribution in [0, 0.1) is 5.92 Å². The van der Waals surface area contributed by atoms with Crippen LogP contribution in [0.1, 0.15) is 39.8 Å². The number of H-pyrrole nitrogens is 1. The van der Waals surface area contributed by atoms with Crippen molar-refractivity contribution < 1.29 is 9.53 Å². The number of hydrogen-bond donors (Lipinski definition) is 1. The molecule has 1 heterocycles. The van der Waals surface area contributed by atoms with Gasteiger partial charge >= 0.3 is 0 Å². The van der Waals surface area contributed by atoms with Crippen LogP contribution in [-0.4, -0.2) is 45.7 Å². The number of aryl methyl sites for hydroxylation is 1. The van der Waals surface area contributed by atoms with E-state index in [1.165, 1.54) is 0 Å². The number of benzene rings is 1. The Morgan fingerprint density at radius 2 is 1.81 bits per heavy atom. The van der Waals surface area contributed by atoms with Gasteiger partial charge in [-0.15, -0.1) is 10.2 Å². The van der Waals surface area contributed by atoms with E-state index >= 15 is 0 Å². The average molecular weight is 372 g/mol. The molecule has 0 bridgehead atoms. The number of carbonyl (C=O) groups is 1. The molecule has 0 aliphatic rings. The van der Waals surface area contributed by atoms with E-state index in [1.807, 2.05) is 38.1 Å². The maximum Gasteiger partial charge on any atom is 0.273 e. The van der Waals surface area contributed by atoms with Crippen molar-refractivity contribution in [3.63, 3.8) is 0 Å². The van der Waals surface area contributed by atoms with Gasteiger partial charge in [0.2, 0.25) is 5.91 Å². The molecule has 1 amide bonds. The lowest BCUT2D eigenvalue weighted by Gasteiger charge is -2.21. The van der Waals surface area contributed by atoms with E-state index in [-0.39, 0.29) is 36.0 Å². The van der Waals surface area contributed by atoms with Gasteiger partial charge < -0.3 is 14.6 Å². The average Bonchev–Trinajstić information content (AvgIpc) is 2.64. The van der Waals surface area contributed by atoms with Crippen molar-refractivity contribution in [2.45, 2.75) is 46.6 Å². The maximum absolute atomic E-state index is 12.3. The number of aromatic nitrogens is 3. The Morgan fingerprint density at radius 1 is 1.15 bits per heavy atom. The summed E-state index contributed by atoms with van der Waals surface area (Å²) in [6.07, 6.45) is 0.494. The van der Waals surface area contributed by atoms with Crippen LogP contribution in [0.15, 0.2) is 29.1 Å². The second-order valence-electron chi connectivity index (χ2n) is 7.28. The van der Waals surface area contributed by atoms with Crippen LogP contribution in [-0.2, 0) is 11.2 Å². The molecule has 0 spiro atoms. The standard InChI is InChI=1S/C20H28N4O3/c1-13(2)12-27-16-8-6-15(7-9-16)19-21-20(26)17(22-23-19)10-11-18(25)24(5)14(3)4/h6-9,13-14H,10-12H2,1-5H3,(H,21,23,26). The van der Waals surface area contributed by atoms with Gasteiger partial charge in [0.1, 0.15) is 11.4 Å². The van der Waals surface area contributed by atoms with Gasteiger partial charge in [-0.05, 0) is 44.0 Å². The first-order valence-corrected chi connectivity index (χ1v) is 9.22. The number of nitrogens with one attached hydrogen (secondary N) is 1. The Bertz CT molecular complexity index is 813. The molecule has 7 nitrogen and oxygen atoms in total. The highest BCUT2D eigenvalue weighted by Gasteiger charge is 2.14. The fourth-order valence-corrected chi connectivity index (χ4v) is 2.32. The summed E-state index contributed by atoms with van der Waals surface area (Å²) in [4.78, 5) is 28.7. The van der Waals surface area contributed by atoms with Crippen molar-refractivity contribution >= 4 is 5.91 Å². The Labute approximate surface area is 159 Å². The second-order valence-corrected chi connectivity index (χ2v) is 7.28. The van der Waals surface area contributed by atoms with Crippen LogP contribution in [0.2, 0.25) is 0 Å². The monoisotopic (exact) mass is 372 g/mol. The first kappa shape index (κ1) is 20.6. The van der Waals surface area contributed by atoms with Crippen LogP contribution < -0.4 is 10.3 Å². The highest BCUT2D eigenvalue weighted by molar-refractivity contribution is 5.76. The molecular formula is C20H28N4O3. The summed E-state index contributed by atoms with van der Waals surface area (Å²) in [7, 11) is 1.75. The lowest BCUT2D eigenvalue weighted by molar-refractivity contribution is -0.131. The molecule has 0 unspecified atom stereocenters. The largest absolute Gasteiger partial charge is 0.493 e. The van der Waals surface area contributed by atoms with E-state index in [1.54, 1.807) is 11.9 Å². The van der Waals surface area contributed by atoms with Crippen LogP contribution in [0.5, 0.6) is 5.75 Å². The van der Waals surface area contributed by atoms with Gasteiger partial charge in [0, 0.05) is 31.5 Å². The van der Waals surface area contributed by atoms with Crippen LogP contribution >= 0.6 is 0 Å². The maximum atomic E-state index is 12.3. The molecule has 7 heteroatoms. The molecule has 0 saturated carbocycles. The minimum absolute atomic E-state index is 0.0211. The van der Waals surface area contributed by atoms with Crippen molar-refractivity contribution in [1.82, 2.24) is 20.1 Å². The number of amides is 1. The molecule has 1 aromatic heterocycles. The van der Waals surface area contributed by atoms with E-state index in [0.29, 0.717) is 18.3 Å². The molecule has 1 N–H and O–H groups in total. The molecular weight excluding hydrogens is 344 g/mol. The van der Waals surface area contributed by atoms with Gasteiger partial charge in [0.25, 0.3) is 5.56 Å². The fourth-order valence-electron chi connectivity index (χ4n) is 2.32. The smallest absolute Gasteiger partial charge is 0.273 e. The molecule has 0 aliphatic heterocycles. The van der Waals surface area contributed by atoms with Crippen molar-refractivity contribution in [2.24, 2.45) is 5.92 Å². The number of rotatable bonds is 8. The van der Waals surface area contributed by atoms with E-state index in [4.69, 9.17) is 4.74 Å². The Morgan fingerprint density at radius 3 is 2.37 bits per heavy atom. The summed E-state index contributed by atoms with van der Waals surface area (Å²) >= 11 is 0. The van der Waals surface area contributed by atoms with Gasteiger partial charge in [-0.2, -0.15) is 0 Å². The summed E-state index contributed by atoms with van der Waals surface area (Å²) in [6, 6.07) is 7.46. The first-order chi connectivity index (χ1) is 12.8. The molecule has 146 valence electrons. The third-order valence-electron chi connectivity index (χ3n) is 4.22. The van der Waals surface area contributed by atoms with E-state index < -0.39 is 0 Å². The predicted octanol–water partition coefficient (Wildman–Crippen LogP) is 2.67. The van der Waals surface area contributed by atoms with E-state index in [2.05, 4.69) is 29.0 Å². The van der Waals surface area contributed by atoms with Crippen molar-refractivity contribution in [1.29, 1.82) is 0 Å². The SMILES string of the molecule is CC(C)COc1ccc(-c2nnc(CCC(=O)N(C)C(C)C)c(=O)[nH]2)cc1. The minimum Gasteiger partial charge on any atom is -0.493 e. The minimum atomic E-state index is -0.319. The topological polar surface area (TPSA) is 88.2 Å². The Balaban J connectivity index is 2.03. The summed E-state index contributed by atoms with van der Waals surface area (Å²) in [5.74, 6) is 1.59. The molecule has 2 rings (SSSR count). The van der Waals surface area contributed by atoms with Crippen LogP contribution in [0.3, 0.4) is 0 Å². The number of carbonyl (C=O) groups excluding carboxylic acids is 1. The summed E-state index contributed by atoms with van der Waals surface area (Å²) < 4.78 is 5.65. The summed E-state index contributed by atoms with van der Waals surface area (Å²) in [5.41, 5.74) is 0.694. The van der Waals surface area contributed by atoms with Gasteiger partial charge in [0.15, 0.2) is 5.82 Å². The molecule has 0 saturated heterocycles. The van der Waals surface area contributed by atoms with Gasteiger partial charge in [-0.25, -0.2) is 0 Å². The normalized spacial score (nSPS) is 11.1. The molecule has 2 aromatic rings. The zero-order chi connectivity index (χ0) is 20.0. The third kappa shape index (κ3) is 5.91. The van der Waals surface area contributed by atoms with Crippen LogP contribution in [0.4, 0.5) is 0 Å². The van der Waals surface area contributed by atoms with Crippen LogP contribution in [0.25, 0.3) is 11.4 Å². The molecule has 1 aromatic carbocycles. The summed E-state index contributed by atoms with van der Waals surface area (Å²) in [6.45, 7) is 8.71. The van der Waals surface area contributed by atoms with Crippen molar-refractivity contribution in [2.75, 3.05) is 13.7 Å². The molecule has 0 fully saturated rings. The first-order valence-electron chi connectivity index (χ1n) is 9.22. The highest BCUT2D eigenvalue weighted by Crippen LogP contribution is 2.18. The lowest BCUT2D eigenvalue weighted by Crippen LogP contribution is -2.33. The second kappa shape index (κ2) is 9.30. The Kier molecular flexibility index (Phi) is 7.10.